The third-order valence-corrected chi connectivity index (χ3v) is 3.18. The summed E-state index contributed by atoms with van der Waals surface area (Å²) >= 11 is 0. The largest absolute Gasteiger partial charge is 0.297 e. The molecule has 0 unspecified atom stereocenters. The van der Waals surface area contributed by atoms with Gasteiger partial charge in [-0.3, -0.25) is 15.1 Å². The van der Waals surface area contributed by atoms with Crippen molar-refractivity contribution < 1.29 is 4.79 Å². The molecule has 0 atom stereocenters. The van der Waals surface area contributed by atoms with Crippen molar-refractivity contribution in [1.29, 1.82) is 0 Å². The second kappa shape index (κ2) is 7.92. The number of rotatable bonds is 7. The Morgan fingerprint density at radius 3 is 2.32 bits per heavy atom. The topological polar surface area (TPSA) is 58.4 Å². The summed E-state index contributed by atoms with van der Waals surface area (Å²) in [6.07, 6.45) is 1.49. The minimum Gasteiger partial charge on any atom is -0.297 e. The summed E-state index contributed by atoms with van der Waals surface area (Å²) in [6, 6.07) is 8.71. The van der Waals surface area contributed by atoms with E-state index in [1.54, 1.807) is 0 Å². The Balaban J connectivity index is 2.62. The molecular weight excluding hydrogens is 238 g/mol. The molecule has 0 fully saturated rings. The normalized spacial score (nSPS) is 11.1. The van der Waals surface area contributed by atoms with Gasteiger partial charge < -0.3 is 0 Å². The lowest BCUT2D eigenvalue weighted by Gasteiger charge is -2.26. The van der Waals surface area contributed by atoms with Crippen LogP contribution in [0.5, 0.6) is 0 Å². The molecule has 0 saturated heterocycles. The standard InChI is InChI=1S/C15H25N3O/c1-4-9-18(12(2)3)11-14-7-5-13(6-8-14)10-15(19)17-16/h5-8,12H,4,9-11,16H2,1-3H3,(H,17,19). The number of nitrogens with zero attached hydrogens (tertiary/aromatic N) is 1. The molecule has 0 aromatic heterocycles. The highest BCUT2D eigenvalue weighted by Crippen LogP contribution is 2.11. The van der Waals surface area contributed by atoms with Gasteiger partial charge in [-0.05, 0) is 37.9 Å². The Morgan fingerprint density at radius 2 is 1.84 bits per heavy atom. The van der Waals surface area contributed by atoms with E-state index in [2.05, 4.69) is 43.2 Å². The zero-order chi connectivity index (χ0) is 14.3. The van der Waals surface area contributed by atoms with Crippen LogP contribution in [0.2, 0.25) is 0 Å². The summed E-state index contributed by atoms with van der Waals surface area (Å²) in [6.45, 7) is 8.69. The van der Waals surface area contributed by atoms with Gasteiger partial charge in [-0.1, -0.05) is 31.2 Å². The third-order valence-electron chi connectivity index (χ3n) is 3.18. The van der Waals surface area contributed by atoms with Crippen molar-refractivity contribution in [3.63, 3.8) is 0 Å². The predicted molar refractivity (Wildman–Crippen MR) is 78.3 cm³/mol. The first-order valence-electron chi connectivity index (χ1n) is 6.88. The van der Waals surface area contributed by atoms with E-state index < -0.39 is 0 Å². The highest BCUT2D eigenvalue weighted by atomic mass is 16.2. The first-order chi connectivity index (χ1) is 9.06. The molecule has 4 heteroatoms. The number of hydrogen-bond donors (Lipinski definition) is 2. The van der Waals surface area contributed by atoms with Crippen LogP contribution in [0.1, 0.15) is 38.3 Å². The fourth-order valence-electron chi connectivity index (χ4n) is 2.04. The quantitative estimate of drug-likeness (QED) is 0.448. The molecule has 0 spiro atoms. The molecule has 0 aliphatic heterocycles. The SMILES string of the molecule is CCCN(Cc1ccc(CC(=O)NN)cc1)C(C)C. The van der Waals surface area contributed by atoms with Crippen molar-refractivity contribution >= 4 is 5.91 Å². The summed E-state index contributed by atoms with van der Waals surface area (Å²) in [7, 11) is 0. The Labute approximate surface area is 115 Å². The van der Waals surface area contributed by atoms with Gasteiger partial charge in [0.05, 0.1) is 6.42 Å². The Hall–Kier alpha value is -1.39. The molecule has 0 aliphatic carbocycles. The van der Waals surface area contributed by atoms with Crippen molar-refractivity contribution in [1.82, 2.24) is 10.3 Å². The van der Waals surface area contributed by atoms with Crippen molar-refractivity contribution in [2.24, 2.45) is 5.84 Å². The molecule has 0 saturated carbocycles. The molecule has 106 valence electrons. The van der Waals surface area contributed by atoms with Gasteiger partial charge in [-0.2, -0.15) is 0 Å². The van der Waals surface area contributed by atoms with E-state index in [9.17, 15) is 4.79 Å². The molecule has 4 nitrogen and oxygen atoms in total. The first-order valence-corrected chi connectivity index (χ1v) is 6.88. The van der Waals surface area contributed by atoms with E-state index in [0.717, 1.165) is 25.1 Å². The van der Waals surface area contributed by atoms with Gasteiger partial charge in [0.1, 0.15) is 0 Å². The lowest BCUT2D eigenvalue weighted by atomic mass is 10.1. The fraction of sp³-hybridized carbons (Fsp3) is 0.533. The fourth-order valence-corrected chi connectivity index (χ4v) is 2.04. The maximum atomic E-state index is 11.2. The number of hydrazine groups is 1. The van der Waals surface area contributed by atoms with Crippen LogP contribution in [0, 0.1) is 0 Å². The lowest BCUT2D eigenvalue weighted by molar-refractivity contribution is -0.120. The van der Waals surface area contributed by atoms with Crippen molar-refractivity contribution in [3.05, 3.63) is 35.4 Å². The van der Waals surface area contributed by atoms with E-state index in [1.807, 2.05) is 12.1 Å². The van der Waals surface area contributed by atoms with E-state index in [-0.39, 0.29) is 5.91 Å². The predicted octanol–water partition coefficient (Wildman–Crippen LogP) is 1.84. The number of benzene rings is 1. The molecule has 1 rings (SSSR count). The van der Waals surface area contributed by atoms with Gasteiger partial charge in [0.15, 0.2) is 0 Å². The summed E-state index contributed by atoms with van der Waals surface area (Å²) in [5.41, 5.74) is 4.41. The molecule has 0 heterocycles. The maximum Gasteiger partial charge on any atom is 0.238 e. The van der Waals surface area contributed by atoms with Crippen LogP contribution in [-0.4, -0.2) is 23.4 Å². The molecule has 0 bridgehead atoms. The Morgan fingerprint density at radius 1 is 1.26 bits per heavy atom. The van der Waals surface area contributed by atoms with Gasteiger partial charge in [0.25, 0.3) is 0 Å². The summed E-state index contributed by atoms with van der Waals surface area (Å²) in [5.74, 6) is 4.91. The van der Waals surface area contributed by atoms with E-state index in [0.29, 0.717) is 12.5 Å². The molecule has 1 amide bonds. The van der Waals surface area contributed by atoms with Crippen LogP contribution in [0.3, 0.4) is 0 Å². The van der Waals surface area contributed by atoms with Crippen LogP contribution < -0.4 is 11.3 Å². The van der Waals surface area contributed by atoms with Crippen LogP contribution in [0.25, 0.3) is 0 Å². The monoisotopic (exact) mass is 263 g/mol. The van der Waals surface area contributed by atoms with Gasteiger partial charge in [0.2, 0.25) is 5.91 Å². The number of nitrogens with two attached hydrogens (primary N) is 1. The van der Waals surface area contributed by atoms with Crippen molar-refractivity contribution in [2.75, 3.05) is 6.54 Å². The molecule has 1 aromatic carbocycles. The molecule has 0 radical (unpaired) electrons. The van der Waals surface area contributed by atoms with Gasteiger partial charge in [-0.15, -0.1) is 0 Å². The maximum absolute atomic E-state index is 11.2. The molecule has 3 N–H and O–H groups in total. The smallest absolute Gasteiger partial charge is 0.238 e. The van der Waals surface area contributed by atoms with Crippen LogP contribution in [-0.2, 0) is 17.8 Å². The van der Waals surface area contributed by atoms with Gasteiger partial charge >= 0.3 is 0 Å². The number of hydrogen-bond acceptors (Lipinski definition) is 3. The molecule has 19 heavy (non-hydrogen) atoms. The second-order valence-electron chi connectivity index (χ2n) is 5.13. The van der Waals surface area contributed by atoms with Crippen molar-refractivity contribution in [3.8, 4) is 0 Å². The highest BCUT2D eigenvalue weighted by Gasteiger charge is 2.09. The zero-order valence-corrected chi connectivity index (χ0v) is 12.1. The van der Waals surface area contributed by atoms with E-state index in [4.69, 9.17) is 5.84 Å². The average molecular weight is 263 g/mol. The summed E-state index contributed by atoms with van der Waals surface area (Å²) < 4.78 is 0. The summed E-state index contributed by atoms with van der Waals surface area (Å²) in [5, 5.41) is 0. The number of carbonyl (C=O) groups is 1. The van der Waals surface area contributed by atoms with Crippen molar-refractivity contribution in [2.45, 2.75) is 46.2 Å². The second-order valence-corrected chi connectivity index (χ2v) is 5.13. The highest BCUT2D eigenvalue weighted by molar-refractivity contribution is 5.77. The van der Waals surface area contributed by atoms with Gasteiger partial charge in [0, 0.05) is 12.6 Å². The van der Waals surface area contributed by atoms with E-state index in [1.165, 1.54) is 5.56 Å². The summed E-state index contributed by atoms with van der Waals surface area (Å²) in [4.78, 5) is 13.6. The number of nitrogens with one attached hydrogen (secondary N) is 1. The van der Waals surface area contributed by atoms with Crippen LogP contribution >= 0.6 is 0 Å². The average Bonchev–Trinajstić information content (AvgIpc) is 2.40. The Kier molecular flexibility index (Phi) is 6.53. The zero-order valence-electron chi connectivity index (χ0n) is 12.1. The van der Waals surface area contributed by atoms with Gasteiger partial charge in [-0.25, -0.2) is 5.84 Å². The molecule has 0 aliphatic rings. The third kappa shape index (κ3) is 5.41. The molecular formula is C15H25N3O. The minimum atomic E-state index is -0.164. The van der Waals surface area contributed by atoms with E-state index >= 15 is 0 Å². The minimum absolute atomic E-state index is 0.164. The molecule has 1 aromatic rings. The van der Waals surface area contributed by atoms with Crippen LogP contribution in [0.4, 0.5) is 0 Å². The van der Waals surface area contributed by atoms with Crippen LogP contribution in [0.15, 0.2) is 24.3 Å². The number of amides is 1. The number of carbonyl (C=O) groups excluding carboxylic acids is 1. The lowest BCUT2D eigenvalue weighted by Crippen LogP contribution is -2.31. The Bertz CT molecular complexity index is 387. The first kappa shape index (κ1) is 15.7.